The number of halogens is 2. The SMILES string of the molecule is CSC1(Cn2c(CCl)nc3cc(Br)cnc32)CCC1. The zero-order valence-electron chi connectivity index (χ0n) is 10.7. The number of pyridine rings is 1. The summed E-state index contributed by atoms with van der Waals surface area (Å²) in [6.45, 7) is 0.960. The average molecular weight is 361 g/mol. The van der Waals surface area contributed by atoms with Gasteiger partial charge in [-0.25, -0.2) is 9.97 Å². The van der Waals surface area contributed by atoms with Gasteiger partial charge in [0.25, 0.3) is 0 Å². The molecule has 0 bridgehead atoms. The second-order valence-corrected chi connectivity index (χ2v) is 7.44. The third kappa shape index (κ3) is 2.41. The van der Waals surface area contributed by atoms with Gasteiger partial charge in [0.05, 0.1) is 5.88 Å². The van der Waals surface area contributed by atoms with Crippen LogP contribution in [0.4, 0.5) is 0 Å². The summed E-state index contributed by atoms with van der Waals surface area (Å²) in [6.07, 6.45) is 7.88. The maximum Gasteiger partial charge on any atom is 0.160 e. The molecule has 0 saturated heterocycles. The third-order valence-electron chi connectivity index (χ3n) is 3.89. The predicted molar refractivity (Wildman–Crippen MR) is 84.9 cm³/mol. The van der Waals surface area contributed by atoms with Crippen molar-refractivity contribution in [2.75, 3.05) is 6.26 Å². The van der Waals surface area contributed by atoms with E-state index in [-0.39, 0.29) is 0 Å². The van der Waals surface area contributed by atoms with E-state index in [9.17, 15) is 0 Å². The zero-order chi connectivity index (χ0) is 13.5. The van der Waals surface area contributed by atoms with Crippen molar-refractivity contribution in [2.24, 2.45) is 0 Å². The minimum atomic E-state index is 0.350. The molecule has 102 valence electrons. The van der Waals surface area contributed by atoms with E-state index >= 15 is 0 Å². The molecule has 0 amide bonds. The van der Waals surface area contributed by atoms with Crippen molar-refractivity contribution in [2.45, 2.75) is 36.4 Å². The first kappa shape index (κ1) is 13.7. The predicted octanol–water partition coefficient (Wildman–Crippen LogP) is 4.22. The normalized spacial score (nSPS) is 17.6. The number of fused-ring (bicyclic) bond motifs is 1. The molecule has 0 aromatic carbocycles. The smallest absolute Gasteiger partial charge is 0.160 e. The van der Waals surface area contributed by atoms with Crippen LogP contribution >= 0.6 is 39.3 Å². The van der Waals surface area contributed by atoms with Gasteiger partial charge in [-0.05, 0) is 41.1 Å². The molecule has 19 heavy (non-hydrogen) atoms. The van der Waals surface area contributed by atoms with Crippen LogP contribution in [0.5, 0.6) is 0 Å². The van der Waals surface area contributed by atoms with Gasteiger partial charge in [0.2, 0.25) is 0 Å². The largest absolute Gasteiger partial charge is 0.310 e. The second-order valence-electron chi connectivity index (χ2n) is 4.98. The number of hydrogen-bond acceptors (Lipinski definition) is 3. The van der Waals surface area contributed by atoms with Gasteiger partial charge in [-0.1, -0.05) is 6.42 Å². The van der Waals surface area contributed by atoms with E-state index in [4.69, 9.17) is 11.6 Å². The highest BCUT2D eigenvalue weighted by Crippen LogP contribution is 2.44. The first-order chi connectivity index (χ1) is 9.17. The van der Waals surface area contributed by atoms with Gasteiger partial charge in [0.15, 0.2) is 5.65 Å². The Labute approximate surface area is 130 Å². The molecule has 1 saturated carbocycles. The molecule has 6 heteroatoms. The fraction of sp³-hybridized carbons (Fsp3) is 0.538. The number of imidazole rings is 1. The molecule has 3 rings (SSSR count). The topological polar surface area (TPSA) is 30.7 Å². The molecule has 0 unspecified atom stereocenters. The number of alkyl halides is 1. The summed E-state index contributed by atoms with van der Waals surface area (Å²) in [5.74, 6) is 1.35. The standard InChI is InChI=1S/C13H15BrClN3S/c1-19-13(3-2-4-13)8-18-11(6-15)17-10-5-9(14)7-16-12(10)18/h5,7H,2-4,6,8H2,1H3. The highest BCUT2D eigenvalue weighted by Gasteiger charge is 2.37. The number of aromatic nitrogens is 3. The van der Waals surface area contributed by atoms with E-state index in [1.807, 2.05) is 24.0 Å². The monoisotopic (exact) mass is 359 g/mol. The molecule has 0 aliphatic heterocycles. The van der Waals surface area contributed by atoms with Crippen LogP contribution in [0, 0.1) is 0 Å². The van der Waals surface area contributed by atoms with E-state index in [1.54, 1.807) is 0 Å². The van der Waals surface area contributed by atoms with Crippen molar-refractivity contribution >= 4 is 50.5 Å². The van der Waals surface area contributed by atoms with Gasteiger partial charge in [0, 0.05) is 22.0 Å². The summed E-state index contributed by atoms with van der Waals surface area (Å²) in [5.41, 5.74) is 1.86. The number of thioether (sulfide) groups is 1. The molecule has 1 aliphatic carbocycles. The van der Waals surface area contributed by atoms with Crippen LogP contribution in [0.15, 0.2) is 16.7 Å². The van der Waals surface area contributed by atoms with E-state index in [0.29, 0.717) is 10.6 Å². The van der Waals surface area contributed by atoms with Gasteiger partial charge in [-0.3, -0.25) is 0 Å². The van der Waals surface area contributed by atoms with Crippen molar-refractivity contribution in [3.8, 4) is 0 Å². The van der Waals surface area contributed by atoms with E-state index in [0.717, 1.165) is 28.0 Å². The first-order valence-corrected chi connectivity index (χ1v) is 8.84. The van der Waals surface area contributed by atoms with Gasteiger partial charge in [-0.2, -0.15) is 11.8 Å². The number of hydrogen-bond donors (Lipinski definition) is 0. The zero-order valence-corrected chi connectivity index (χ0v) is 13.9. The van der Waals surface area contributed by atoms with Gasteiger partial charge >= 0.3 is 0 Å². The summed E-state index contributed by atoms with van der Waals surface area (Å²) >= 11 is 11.4. The fourth-order valence-electron chi connectivity index (χ4n) is 2.59. The quantitative estimate of drug-likeness (QED) is 0.765. The Kier molecular flexibility index (Phi) is 3.80. The van der Waals surface area contributed by atoms with Crippen molar-refractivity contribution in [1.82, 2.24) is 14.5 Å². The van der Waals surface area contributed by atoms with Crippen molar-refractivity contribution in [3.63, 3.8) is 0 Å². The maximum atomic E-state index is 6.05. The van der Waals surface area contributed by atoms with E-state index in [1.165, 1.54) is 19.3 Å². The van der Waals surface area contributed by atoms with Crippen molar-refractivity contribution < 1.29 is 0 Å². The van der Waals surface area contributed by atoms with Crippen LogP contribution < -0.4 is 0 Å². The van der Waals surface area contributed by atoms with E-state index < -0.39 is 0 Å². The minimum absolute atomic E-state index is 0.350. The molecular weight excluding hydrogens is 346 g/mol. The molecule has 0 N–H and O–H groups in total. The van der Waals surface area contributed by atoms with Crippen LogP contribution in [0.3, 0.4) is 0 Å². The lowest BCUT2D eigenvalue weighted by Gasteiger charge is -2.40. The summed E-state index contributed by atoms with van der Waals surface area (Å²) < 4.78 is 3.50. The molecule has 0 spiro atoms. The lowest BCUT2D eigenvalue weighted by Crippen LogP contribution is -2.38. The summed E-state index contributed by atoms with van der Waals surface area (Å²) in [6, 6.07) is 2.00. The maximum absolute atomic E-state index is 6.05. The third-order valence-corrected chi connectivity index (χ3v) is 5.97. The van der Waals surface area contributed by atoms with Crippen LogP contribution in [0.1, 0.15) is 25.1 Å². The Morgan fingerprint density at radius 3 is 2.89 bits per heavy atom. The van der Waals surface area contributed by atoms with Crippen LogP contribution in [-0.4, -0.2) is 25.5 Å². The Morgan fingerprint density at radius 1 is 1.53 bits per heavy atom. The number of nitrogens with zero attached hydrogens (tertiary/aromatic N) is 3. The average Bonchev–Trinajstić information content (AvgIpc) is 2.70. The molecule has 2 heterocycles. The molecule has 0 radical (unpaired) electrons. The van der Waals surface area contributed by atoms with Crippen molar-refractivity contribution in [3.05, 3.63) is 22.6 Å². The Hall–Kier alpha value is -0.260. The Morgan fingerprint density at radius 2 is 2.32 bits per heavy atom. The van der Waals surface area contributed by atoms with Gasteiger partial charge in [0.1, 0.15) is 11.3 Å². The summed E-state index contributed by atoms with van der Waals surface area (Å²) in [4.78, 5) is 9.11. The highest BCUT2D eigenvalue weighted by atomic mass is 79.9. The molecule has 2 aromatic rings. The highest BCUT2D eigenvalue weighted by molar-refractivity contribution is 9.10. The second kappa shape index (κ2) is 5.26. The minimum Gasteiger partial charge on any atom is -0.310 e. The van der Waals surface area contributed by atoms with Crippen molar-refractivity contribution in [1.29, 1.82) is 0 Å². The van der Waals surface area contributed by atoms with Crippen LogP contribution in [0.2, 0.25) is 0 Å². The molecular formula is C13H15BrClN3S. The van der Waals surface area contributed by atoms with Crippen LogP contribution in [-0.2, 0) is 12.4 Å². The molecule has 1 aliphatic rings. The molecule has 3 nitrogen and oxygen atoms in total. The lowest BCUT2D eigenvalue weighted by atomic mass is 9.84. The lowest BCUT2D eigenvalue weighted by molar-refractivity contribution is 0.322. The molecule has 1 fully saturated rings. The Balaban J connectivity index is 2.05. The fourth-order valence-corrected chi connectivity index (χ4v) is 4.07. The van der Waals surface area contributed by atoms with E-state index in [2.05, 4.69) is 36.7 Å². The molecule has 2 aromatic heterocycles. The summed E-state index contributed by atoms with van der Waals surface area (Å²) in [7, 11) is 0. The van der Waals surface area contributed by atoms with Gasteiger partial charge < -0.3 is 4.57 Å². The van der Waals surface area contributed by atoms with Gasteiger partial charge in [-0.15, -0.1) is 11.6 Å². The summed E-state index contributed by atoms with van der Waals surface area (Å²) in [5, 5.41) is 0. The Bertz CT molecular complexity index is 604. The van der Waals surface area contributed by atoms with Crippen LogP contribution in [0.25, 0.3) is 11.2 Å². The first-order valence-electron chi connectivity index (χ1n) is 6.29. The number of rotatable bonds is 4. The molecule has 0 atom stereocenters.